The number of alkyl halides is 2. The van der Waals surface area contributed by atoms with Gasteiger partial charge in [-0.1, -0.05) is 5.92 Å². The Hall–Kier alpha value is -0.220. The van der Waals surface area contributed by atoms with E-state index in [0.29, 0.717) is 12.8 Å². The lowest BCUT2D eigenvalue weighted by Crippen LogP contribution is -2.22. The van der Waals surface area contributed by atoms with Crippen molar-refractivity contribution < 1.29 is 18.3 Å². The van der Waals surface area contributed by atoms with E-state index >= 15 is 0 Å². The highest BCUT2D eigenvalue weighted by molar-refractivity contribution is 14.1. The molecular weight excluding hydrogens is 317 g/mol. The summed E-state index contributed by atoms with van der Waals surface area (Å²) in [5.74, 6) is 1.46. The molecule has 1 aliphatic rings. The third-order valence-corrected chi connectivity index (χ3v) is 2.39. The zero-order valence-corrected chi connectivity index (χ0v) is 10.2. The van der Waals surface area contributed by atoms with Crippen LogP contribution in [0.15, 0.2) is 0 Å². The fourth-order valence-electron chi connectivity index (χ4n) is 1.32. The van der Waals surface area contributed by atoms with Crippen molar-refractivity contribution in [3.05, 3.63) is 0 Å². The number of ether oxygens (including phenoxy) is 1. The highest BCUT2D eigenvalue weighted by atomic mass is 127. The largest absolute Gasteiger partial charge is 0.370 e. The van der Waals surface area contributed by atoms with Gasteiger partial charge in [-0.2, -0.15) is 8.78 Å². The molecule has 0 saturated heterocycles. The molecule has 0 aromatic carbocycles. The highest BCUT2D eigenvalue weighted by Crippen LogP contribution is 2.24. The lowest BCUT2D eigenvalue weighted by atomic mass is 10.0. The number of rotatable bonds is 3. The monoisotopic (exact) mass is 328 g/mol. The van der Waals surface area contributed by atoms with Crippen LogP contribution < -0.4 is 0 Å². The minimum atomic E-state index is -2.91. The maximum Gasteiger partial charge on any atom is 0.308 e. The fourth-order valence-corrected chi connectivity index (χ4v) is 1.50. The van der Waals surface area contributed by atoms with Crippen molar-refractivity contribution in [3.63, 3.8) is 0 Å². The van der Waals surface area contributed by atoms with E-state index in [1.165, 1.54) is 0 Å². The van der Waals surface area contributed by atoms with Gasteiger partial charge in [0, 0.05) is 35.4 Å². The Morgan fingerprint density at radius 1 is 1.53 bits per heavy atom. The molecule has 1 atom stereocenters. The van der Waals surface area contributed by atoms with E-state index in [0.717, 1.165) is 0 Å². The van der Waals surface area contributed by atoms with Gasteiger partial charge in [-0.05, 0) is 18.8 Å². The fraction of sp³-hybridized carbons (Fsp3) is 0.700. The first-order valence-electron chi connectivity index (χ1n) is 4.67. The molecule has 0 aliphatic heterocycles. The summed E-state index contributed by atoms with van der Waals surface area (Å²) in [6, 6.07) is 0. The first-order valence-corrected chi connectivity index (χ1v) is 5.75. The number of hydrogen-bond acceptors (Lipinski definition) is 2. The van der Waals surface area contributed by atoms with Gasteiger partial charge < -0.3 is 4.74 Å². The molecule has 0 fully saturated rings. The van der Waals surface area contributed by atoms with E-state index in [1.54, 1.807) is 22.6 Å². The Morgan fingerprint density at radius 3 is 2.93 bits per heavy atom. The van der Waals surface area contributed by atoms with Gasteiger partial charge in [-0.3, -0.25) is 4.79 Å². The second kappa shape index (κ2) is 5.75. The SMILES string of the molecule is O=C(I)COC1CCC#CC(F)(F)CC1. The van der Waals surface area contributed by atoms with Gasteiger partial charge in [0.05, 0.1) is 6.10 Å². The minimum absolute atomic E-state index is 0.00970. The van der Waals surface area contributed by atoms with Gasteiger partial charge in [0.2, 0.25) is 3.79 Å². The van der Waals surface area contributed by atoms with Crippen molar-refractivity contribution >= 4 is 26.4 Å². The molecule has 0 amide bonds. The van der Waals surface area contributed by atoms with Gasteiger partial charge >= 0.3 is 5.92 Å². The summed E-state index contributed by atoms with van der Waals surface area (Å²) in [6.45, 7) is -0.00970. The van der Waals surface area contributed by atoms with Crippen molar-refractivity contribution in [2.45, 2.75) is 37.7 Å². The molecule has 84 valence electrons. The van der Waals surface area contributed by atoms with Crippen molar-refractivity contribution in [2.75, 3.05) is 6.61 Å². The quantitative estimate of drug-likeness (QED) is 0.452. The average Bonchev–Trinajstić information content (AvgIpc) is 2.12. The normalized spacial score (nSPS) is 24.6. The summed E-state index contributed by atoms with van der Waals surface area (Å²) in [7, 11) is 0. The molecule has 0 saturated carbocycles. The van der Waals surface area contributed by atoms with Crippen LogP contribution in [0.5, 0.6) is 0 Å². The van der Waals surface area contributed by atoms with Crippen LogP contribution in [-0.4, -0.2) is 22.4 Å². The molecule has 0 aromatic rings. The van der Waals surface area contributed by atoms with Gasteiger partial charge in [0.1, 0.15) is 6.61 Å². The van der Waals surface area contributed by atoms with Crippen molar-refractivity contribution in [1.82, 2.24) is 0 Å². The zero-order valence-electron chi connectivity index (χ0n) is 8.06. The van der Waals surface area contributed by atoms with Crippen LogP contribution >= 0.6 is 22.6 Å². The average molecular weight is 328 g/mol. The maximum atomic E-state index is 12.9. The van der Waals surface area contributed by atoms with E-state index < -0.39 is 5.92 Å². The van der Waals surface area contributed by atoms with Gasteiger partial charge in [0.15, 0.2) is 0 Å². The molecule has 1 aliphatic carbocycles. The van der Waals surface area contributed by atoms with Crippen LogP contribution in [0.3, 0.4) is 0 Å². The van der Waals surface area contributed by atoms with Crippen LogP contribution in [0.25, 0.3) is 0 Å². The molecule has 0 radical (unpaired) electrons. The third kappa shape index (κ3) is 5.42. The third-order valence-electron chi connectivity index (χ3n) is 2.08. The van der Waals surface area contributed by atoms with E-state index in [2.05, 4.69) is 5.92 Å². The second-order valence-corrected chi connectivity index (χ2v) is 4.57. The van der Waals surface area contributed by atoms with Gasteiger partial charge in [-0.15, -0.1) is 0 Å². The Bertz CT molecular complexity index is 294. The number of carbonyl (C=O) groups excluding carboxylic acids is 1. The topological polar surface area (TPSA) is 26.3 Å². The summed E-state index contributed by atoms with van der Waals surface area (Å²) < 4.78 is 30.9. The van der Waals surface area contributed by atoms with Crippen molar-refractivity contribution in [1.29, 1.82) is 0 Å². The molecule has 0 N–H and O–H groups in total. The second-order valence-electron chi connectivity index (χ2n) is 3.37. The minimum Gasteiger partial charge on any atom is -0.370 e. The predicted molar refractivity (Wildman–Crippen MR) is 60.0 cm³/mol. The molecular formula is C10H11F2IO2. The lowest BCUT2D eigenvalue weighted by Gasteiger charge is -2.19. The number of carbonyl (C=O) groups is 1. The Balaban J connectivity index is 2.44. The van der Waals surface area contributed by atoms with Crippen LogP contribution in [0, 0.1) is 11.8 Å². The van der Waals surface area contributed by atoms with Crippen molar-refractivity contribution in [2.24, 2.45) is 0 Å². The zero-order chi connectivity index (χ0) is 11.3. The first kappa shape index (κ1) is 12.8. The summed E-state index contributed by atoms with van der Waals surface area (Å²) >= 11 is 1.62. The Kier molecular flexibility index (Phi) is 4.93. The van der Waals surface area contributed by atoms with E-state index in [-0.39, 0.29) is 29.3 Å². The van der Waals surface area contributed by atoms with Crippen LogP contribution in [0.1, 0.15) is 25.7 Å². The van der Waals surface area contributed by atoms with Gasteiger partial charge in [0.25, 0.3) is 0 Å². The molecule has 2 nitrogen and oxygen atoms in total. The smallest absolute Gasteiger partial charge is 0.308 e. The molecule has 0 heterocycles. The Labute approximate surface area is 101 Å². The van der Waals surface area contributed by atoms with Crippen molar-refractivity contribution in [3.8, 4) is 11.8 Å². The Morgan fingerprint density at radius 2 is 2.27 bits per heavy atom. The number of hydrogen-bond donors (Lipinski definition) is 0. The van der Waals surface area contributed by atoms with E-state index in [9.17, 15) is 13.6 Å². The molecule has 15 heavy (non-hydrogen) atoms. The summed E-state index contributed by atoms with van der Waals surface area (Å²) in [5.41, 5.74) is 0. The van der Waals surface area contributed by atoms with Crippen LogP contribution in [-0.2, 0) is 9.53 Å². The van der Waals surface area contributed by atoms with E-state index in [1.807, 2.05) is 5.92 Å². The molecule has 1 rings (SSSR count). The summed E-state index contributed by atoms with van der Waals surface area (Å²) in [5, 5.41) is 0. The molecule has 0 bridgehead atoms. The molecule has 1 unspecified atom stereocenters. The maximum absolute atomic E-state index is 12.9. The molecule has 0 aromatic heterocycles. The van der Waals surface area contributed by atoms with E-state index in [4.69, 9.17) is 4.74 Å². The van der Waals surface area contributed by atoms with Crippen LogP contribution in [0.4, 0.5) is 8.78 Å². The molecule has 5 heteroatoms. The number of halogens is 3. The van der Waals surface area contributed by atoms with Gasteiger partial charge in [-0.25, -0.2) is 0 Å². The standard InChI is InChI=1S/C10H11F2IO2/c11-10(12)5-2-1-3-8(4-6-10)15-7-9(13)14/h8H,1,3-4,6-7H2. The predicted octanol–water partition coefficient (Wildman–Crippen LogP) is 2.55. The first-order chi connectivity index (χ1) is 6.99. The van der Waals surface area contributed by atoms with Crippen LogP contribution in [0.2, 0.25) is 0 Å². The summed E-state index contributed by atoms with van der Waals surface area (Å²) in [6.07, 6.45) is 0.707. The summed E-state index contributed by atoms with van der Waals surface area (Å²) in [4.78, 5) is 10.7. The molecule has 0 spiro atoms. The lowest BCUT2D eigenvalue weighted by molar-refractivity contribution is -0.116. The highest BCUT2D eigenvalue weighted by Gasteiger charge is 2.28.